The number of rotatable bonds is 7. The third kappa shape index (κ3) is 5.36. The largest absolute Gasteiger partial charge is 0.486 e. The molecule has 0 saturated heterocycles. The molecule has 0 aliphatic heterocycles. The quantitative estimate of drug-likeness (QED) is 0.349. The van der Waals surface area contributed by atoms with E-state index in [4.69, 9.17) is 9.47 Å². The van der Waals surface area contributed by atoms with E-state index in [1.807, 2.05) is 6.92 Å². The van der Waals surface area contributed by atoms with Crippen molar-refractivity contribution in [1.29, 1.82) is 0 Å². The van der Waals surface area contributed by atoms with Crippen LogP contribution >= 0.6 is 0 Å². The lowest BCUT2D eigenvalue weighted by molar-refractivity contribution is 0.187. The van der Waals surface area contributed by atoms with E-state index in [0.29, 0.717) is 12.5 Å². The Morgan fingerprint density at radius 2 is 1.80 bits per heavy atom. The van der Waals surface area contributed by atoms with Gasteiger partial charge in [-0.05, 0) is 94.1 Å². The van der Waals surface area contributed by atoms with Crippen molar-refractivity contribution in [1.82, 2.24) is 4.98 Å². The van der Waals surface area contributed by atoms with Gasteiger partial charge in [0.2, 0.25) is 5.88 Å². The van der Waals surface area contributed by atoms with Crippen LogP contribution in [0.3, 0.4) is 0 Å². The molecule has 4 rings (SSSR count). The number of allylic oxidation sites excluding steroid dienone is 1. The van der Waals surface area contributed by atoms with Crippen LogP contribution in [0.2, 0.25) is 0 Å². The van der Waals surface area contributed by atoms with Gasteiger partial charge in [0.1, 0.15) is 6.61 Å². The lowest BCUT2D eigenvalue weighted by Gasteiger charge is -2.35. The Morgan fingerprint density at radius 1 is 1.03 bits per heavy atom. The summed E-state index contributed by atoms with van der Waals surface area (Å²) >= 11 is 0. The second-order valence-electron chi connectivity index (χ2n) is 9.80. The minimum atomic E-state index is -0.553. The van der Waals surface area contributed by atoms with Crippen molar-refractivity contribution < 1.29 is 13.9 Å². The number of hydrogen-bond acceptors (Lipinski definition) is 3. The van der Waals surface area contributed by atoms with E-state index in [9.17, 15) is 4.39 Å². The second-order valence-corrected chi connectivity index (χ2v) is 9.80. The van der Waals surface area contributed by atoms with Gasteiger partial charge in [-0.2, -0.15) is 9.37 Å². The Morgan fingerprint density at radius 3 is 2.47 bits per heavy atom. The highest BCUT2D eigenvalue weighted by molar-refractivity contribution is 5.33. The molecule has 0 bridgehead atoms. The van der Waals surface area contributed by atoms with Gasteiger partial charge in [-0.1, -0.05) is 32.3 Å². The summed E-state index contributed by atoms with van der Waals surface area (Å²) in [6, 6.07) is 1.74. The van der Waals surface area contributed by atoms with Crippen LogP contribution in [-0.2, 0) is 0 Å². The lowest BCUT2D eigenvalue weighted by atomic mass is 9.71. The molecule has 3 nitrogen and oxygen atoms in total. The van der Waals surface area contributed by atoms with Crippen LogP contribution in [0.15, 0.2) is 17.7 Å². The molecule has 0 radical (unpaired) electrons. The number of nitrogens with zero attached hydrogens (tertiary/aromatic N) is 1. The van der Waals surface area contributed by atoms with Crippen LogP contribution in [0.5, 0.6) is 11.6 Å². The molecule has 3 aliphatic carbocycles. The van der Waals surface area contributed by atoms with Crippen molar-refractivity contribution in [3.05, 3.63) is 29.2 Å². The zero-order valence-electron chi connectivity index (χ0n) is 18.8. The summed E-state index contributed by atoms with van der Waals surface area (Å²) in [5.41, 5.74) is 2.17. The fraction of sp³-hybridized carbons (Fsp3) is 0.731. The number of aromatic nitrogens is 1. The van der Waals surface area contributed by atoms with Crippen molar-refractivity contribution in [2.45, 2.75) is 97.0 Å². The van der Waals surface area contributed by atoms with Gasteiger partial charge in [-0.15, -0.1) is 0 Å². The molecule has 1 heterocycles. The lowest BCUT2D eigenvalue weighted by Crippen LogP contribution is -2.23. The van der Waals surface area contributed by atoms with E-state index in [0.717, 1.165) is 55.4 Å². The van der Waals surface area contributed by atoms with E-state index in [1.54, 1.807) is 6.07 Å². The molecule has 3 aliphatic rings. The Hall–Kier alpha value is -1.58. The molecule has 30 heavy (non-hydrogen) atoms. The molecule has 0 aromatic carbocycles. The SMILES string of the molecule is CCC1CCC(C2CC=C(COc3nc(F)c(OC4CCCC4)cc3C)CC2)CC1. The molecule has 4 heteroatoms. The summed E-state index contributed by atoms with van der Waals surface area (Å²) in [4.78, 5) is 4.06. The predicted molar refractivity (Wildman–Crippen MR) is 118 cm³/mol. The normalized spacial score (nSPS) is 27.7. The maximum Gasteiger partial charge on any atom is 0.258 e. The average molecular weight is 416 g/mol. The van der Waals surface area contributed by atoms with Crippen LogP contribution < -0.4 is 9.47 Å². The zero-order valence-corrected chi connectivity index (χ0v) is 18.8. The molecule has 0 spiro atoms. The first-order valence-electron chi connectivity index (χ1n) is 12.3. The van der Waals surface area contributed by atoms with Crippen LogP contribution in [0.25, 0.3) is 0 Å². The Bertz CT molecular complexity index is 733. The molecule has 1 atom stereocenters. The first-order valence-corrected chi connectivity index (χ1v) is 12.3. The Kier molecular flexibility index (Phi) is 7.32. The third-order valence-electron chi connectivity index (χ3n) is 7.76. The van der Waals surface area contributed by atoms with Gasteiger partial charge in [0.15, 0.2) is 5.75 Å². The van der Waals surface area contributed by atoms with Gasteiger partial charge in [0.25, 0.3) is 5.95 Å². The van der Waals surface area contributed by atoms with Gasteiger partial charge in [0.05, 0.1) is 6.10 Å². The summed E-state index contributed by atoms with van der Waals surface area (Å²) < 4.78 is 26.2. The molecule has 1 aromatic heterocycles. The smallest absolute Gasteiger partial charge is 0.258 e. The minimum absolute atomic E-state index is 0.129. The van der Waals surface area contributed by atoms with Gasteiger partial charge < -0.3 is 9.47 Å². The number of halogens is 1. The summed E-state index contributed by atoms with van der Waals surface area (Å²) in [5, 5.41) is 0. The molecule has 0 amide bonds. The Balaban J connectivity index is 1.27. The molecule has 2 saturated carbocycles. The Labute approximate surface area is 181 Å². The van der Waals surface area contributed by atoms with E-state index in [-0.39, 0.29) is 11.9 Å². The average Bonchev–Trinajstić information content (AvgIpc) is 3.29. The second kappa shape index (κ2) is 10.2. The predicted octanol–water partition coefficient (Wildman–Crippen LogP) is 7.17. The number of aryl methyl sites for hydroxylation is 1. The third-order valence-corrected chi connectivity index (χ3v) is 7.76. The fourth-order valence-corrected chi connectivity index (χ4v) is 5.66. The molecule has 1 unspecified atom stereocenters. The van der Waals surface area contributed by atoms with E-state index in [2.05, 4.69) is 18.0 Å². The van der Waals surface area contributed by atoms with Crippen molar-refractivity contribution in [3.63, 3.8) is 0 Å². The van der Waals surface area contributed by atoms with Crippen LogP contribution in [0.1, 0.15) is 89.5 Å². The van der Waals surface area contributed by atoms with Gasteiger partial charge in [-0.3, -0.25) is 0 Å². The van der Waals surface area contributed by atoms with E-state index >= 15 is 0 Å². The fourth-order valence-electron chi connectivity index (χ4n) is 5.66. The van der Waals surface area contributed by atoms with Gasteiger partial charge in [0, 0.05) is 5.56 Å². The summed E-state index contributed by atoms with van der Waals surface area (Å²) in [6.45, 7) is 4.77. The maximum absolute atomic E-state index is 14.4. The molecular formula is C26H38FNO2. The highest BCUT2D eigenvalue weighted by Crippen LogP contribution is 2.40. The number of ether oxygens (including phenoxy) is 2. The van der Waals surface area contributed by atoms with E-state index < -0.39 is 5.95 Å². The number of pyridine rings is 1. The van der Waals surface area contributed by atoms with Crippen molar-refractivity contribution in [2.75, 3.05) is 6.61 Å². The topological polar surface area (TPSA) is 31.4 Å². The van der Waals surface area contributed by atoms with Crippen molar-refractivity contribution in [3.8, 4) is 11.6 Å². The monoisotopic (exact) mass is 415 g/mol. The number of hydrogen-bond donors (Lipinski definition) is 0. The first kappa shape index (κ1) is 21.6. The summed E-state index contributed by atoms with van der Waals surface area (Å²) in [7, 11) is 0. The molecule has 166 valence electrons. The van der Waals surface area contributed by atoms with Crippen LogP contribution in [0.4, 0.5) is 4.39 Å². The summed E-state index contributed by atoms with van der Waals surface area (Å²) in [5.74, 6) is 2.84. The first-order chi connectivity index (χ1) is 14.6. The summed E-state index contributed by atoms with van der Waals surface area (Å²) in [6.07, 6.45) is 17.4. The molecule has 2 fully saturated rings. The zero-order chi connectivity index (χ0) is 20.9. The molecular weight excluding hydrogens is 377 g/mol. The van der Waals surface area contributed by atoms with Crippen molar-refractivity contribution in [2.24, 2.45) is 17.8 Å². The van der Waals surface area contributed by atoms with E-state index in [1.165, 1.54) is 50.5 Å². The minimum Gasteiger partial charge on any atom is -0.486 e. The van der Waals surface area contributed by atoms with Gasteiger partial charge in [-0.25, -0.2) is 0 Å². The van der Waals surface area contributed by atoms with Crippen molar-refractivity contribution >= 4 is 0 Å². The molecule has 1 aromatic rings. The highest BCUT2D eigenvalue weighted by Gasteiger charge is 2.28. The standard InChI is InChI=1S/C26H38FNO2/c1-3-19-8-12-21(13-9-19)22-14-10-20(11-15-22)17-29-26-18(2)16-24(25(27)28-26)30-23-6-4-5-7-23/h10,16,19,21-23H,3-9,11-15,17H2,1-2H3. The van der Waals surface area contributed by atoms with Crippen LogP contribution in [-0.4, -0.2) is 17.7 Å². The van der Waals surface area contributed by atoms with Crippen LogP contribution in [0, 0.1) is 30.6 Å². The molecule has 0 N–H and O–H groups in total. The highest BCUT2D eigenvalue weighted by atomic mass is 19.1. The van der Waals surface area contributed by atoms with Gasteiger partial charge >= 0.3 is 0 Å². The maximum atomic E-state index is 14.4.